The van der Waals surface area contributed by atoms with Gasteiger partial charge in [0.2, 0.25) is 5.78 Å². The molecule has 124 valence electrons. The molecule has 0 aromatic heterocycles. The summed E-state index contributed by atoms with van der Waals surface area (Å²) in [4.78, 5) is 12.3. The van der Waals surface area contributed by atoms with Gasteiger partial charge in [-0.05, 0) is 29.3 Å². The van der Waals surface area contributed by atoms with Gasteiger partial charge < -0.3 is 0 Å². The van der Waals surface area contributed by atoms with Gasteiger partial charge in [0.1, 0.15) is 0 Å². The summed E-state index contributed by atoms with van der Waals surface area (Å²) in [5.41, 5.74) is 2.20. The van der Waals surface area contributed by atoms with Crippen LogP contribution in [0.1, 0.15) is 27.4 Å². The van der Waals surface area contributed by atoms with Crippen molar-refractivity contribution in [3.63, 3.8) is 0 Å². The molecule has 0 bridgehead atoms. The van der Waals surface area contributed by atoms with Gasteiger partial charge in [-0.25, -0.2) is 4.39 Å². The smallest absolute Gasteiger partial charge is 0.221 e. The largest absolute Gasteiger partial charge is 0.286 e. The van der Waals surface area contributed by atoms with E-state index in [9.17, 15) is 9.18 Å². The highest BCUT2D eigenvalue weighted by atomic mass is 79.9. The lowest BCUT2D eigenvalue weighted by atomic mass is 9.90. The number of ketones is 1. The van der Waals surface area contributed by atoms with Crippen molar-refractivity contribution in [2.75, 3.05) is 0 Å². The van der Waals surface area contributed by atoms with E-state index in [2.05, 4.69) is 15.9 Å². The zero-order valence-electron chi connectivity index (χ0n) is 13.4. The van der Waals surface area contributed by atoms with Crippen molar-refractivity contribution in [2.45, 2.75) is 5.92 Å². The average Bonchev–Trinajstić information content (AvgIpc) is 2.67. The first-order chi connectivity index (χ1) is 12.1. The maximum Gasteiger partial charge on any atom is 0.221 e. The van der Waals surface area contributed by atoms with Crippen LogP contribution in [0.25, 0.3) is 0 Å². The van der Waals surface area contributed by atoms with E-state index in [0.29, 0.717) is 5.56 Å². The summed E-state index contributed by atoms with van der Waals surface area (Å²) < 4.78 is 15.6. The number of hydrogen-bond donors (Lipinski definition) is 0. The van der Waals surface area contributed by atoms with Gasteiger partial charge in [-0.3, -0.25) is 4.79 Å². The fourth-order valence-corrected chi connectivity index (χ4v) is 2.93. The maximum atomic E-state index is 14.7. The number of allylic oxidation sites excluding steroid dienone is 2. The van der Waals surface area contributed by atoms with E-state index in [1.807, 2.05) is 54.6 Å². The van der Waals surface area contributed by atoms with Crippen molar-refractivity contribution in [2.24, 2.45) is 0 Å². The minimum Gasteiger partial charge on any atom is -0.286 e. The lowest BCUT2D eigenvalue weighted by Gasteiger charge is -2.14. The molecule has 0 saturated heterocycles. The summed E-state index contributed by atoms with van der Waals surface area (Å²) in [6.45, 7) is 0. The van der Waals surface area contributed by atoms with Crippen LogP contribution < -0.4 is 0 Å². The van der Waals surface area contributed by atoms with Crippen LogP contribution in [0.5, 0.6) is 0 Å². The number of hydrogen-bond acceptors (Lipinski definition) is 1. The van der Waals surface area contributed by atoms with Gasteiger partial charge in [0.25, 0.3) is 0 Å². The van der Waals surface area contributed by atoms with Gasteiger partial charge in [0.05, 0.1) is 0 Å². The number of carbonyl (C=O) groups is 1. The Hall–Kier alpha value is -2.52. The Labute approximate surface area is 155 Å². The molecule has 0 aliphatic rings. The van der Waals surface area contributed by atoms with Crippen molar-refractivity contribution >= 4 is 21.7 Å². The highest BCUT2D eigenvalue weighted by molar-refractivity contribution is 9.10. The first kappa shape index (κ1) is 17.3. The second-order valence-electron chi connectivity index (χ2n) is 5.65. The Balaban J connectivity index is 2.00. The third-order valence-corrected chi connectivity index (χ3v) is 4.48. The van der Waals surface area contributed by atoms with Crippen molar-refractivity contribution in [3.8, 4) is 0 Å². The quantitative estimate of drug-likeness (QED) is 0.365. The Morgan fingerprint density at radius 3 is 1.92 bits per heavy atom. The van der Waals surface area contributed by atoms with Gasteiger partial charge in [0, 0.05) is 16.0 Å². The molecular weight excluding hydrogens is 379 g/mol. The lowest BCUT2D eigenvalue weighted by molar-refractivity contribution is 0.100. The molecule has 0 saturated carbocycles. The summed E-state index contributed by atoms with van der Waals surface area (Å²) >= 11 is 3.41. The molecule has 0 aliphatic heterocycles. The van der Waals surface area contributed by atoms with Crippen LogP contribution in [0.15, 0.2) is 101 Å². The van der Waals surface area contributed by atoms with Crippen LogP contribution in [0.3, 0.4) is 0 Å². The molecular formula is C22H16BrFO. The number of rotatable bonds is 5. The predicted molar refractivity (Wildman–Crippen MR) is 102 cm³/mol. The normalized spacial score (nSPS) is 12.6. The topological polar surface area (TPSA) is 17.1 Å². The molecule has 3 heteroatoms. The monoisotopic (exact) mass is 394 g/mol. The summed E-state index contributed by atoms with van der Waals surface area (Å²) in [6, 6.07) is 25.8. The molecule has 0 heterocycles. The van der Waals surface area contributed by atoms with E-state index < -0.39 is 11.6 Å². The minimum absolute atomic E-state index is 0.332. The molecule has 0 spiro atoms. The highest BCUT2D eigenvalue weighted by Gasteiger charge is 2.17. The van der Waals surface area contributed by atoms with E-state index in [4.69, 9.17) is 0 Å². The third kappa shape index (κ3) is 4.31. The molecule has 0 N–H and O–H groups in total. The summed E-state index contributed by atoms with van der Waals surface area (Å²) in [5.74, 6) is -1.68. The van der Waals surface area contributed by atoms with Crippen LogP contribution in [0.2, 0.25) is 0 Å². The molecule has 25 heavy (non-hydrogen) atoms. The molecule has 0 fully saturated rings. The van der Waals surface area contributed by atoms with Crippen molar-refractivity contribution < 1.29 is 9.18 Å². The second-order valence-corrected chi connectivity index (χ2v) is 6.57. The SMILES string of the molecule is O=C(/C(F)=C/[C@@H](c1ccccc1)c1ccc(Br)cc1)c1ccccc1. The maximum absolute atomic E-state index is 14.7. The molecule has 3 aromatic rings. The number of carbonyl (C=O) groups excluding carboxylic acids is 1. The lowest BCUT2D eigenvalue weighted by Crippen LogP contribution is -2.04. The molecule has 0 amide bonds. The minimum atomic E-state index is -0.747. The molecule has 1 nitrogen and oxygen atoms in total. The number of Topliss-reactive ketones (excluding diaryl/α,β-unsaturated/α-hetero) is 1. The van der Waals surface area contributed by atoms with E-state index in [0.717, 1.165) is 15.6 Å². The fraction of sp³-hybridized carbons (Fsp3) is 0.0455. The molecule has 3 rings (SSSR count). The van der Waals surface area contributed by atoms with Crippen molar-refractivity contribution in [3.05, 3.63) is 118 Å². The number of benzene rings is 3. The molecule has 0 radical (unpaired) electrons. The summed E-state index contributed by atoms with van der Waals surface area (Å²) in [6.07, 6.45) is 1.40. The second kappa shape index (κ2) is 8.04. The zero-order valence-corrected chi connectivity index (χ0v) is 15.0. The molecule has 0 aliphatic carbocycles. The van der Waals surface area contributed by atoms with Crippen LogP contribution in [-0.4, -0.2) is 5.78 Å². The molecule has 0 unspecified atom stereocenters. The predicted octanol–water partition coefficient (Wildman–Crippen LogP) is 6.32. The first-order valence-electron chi connectivity index (χ1n) is 7.92. The Kier molecular flexibility index (Phi) is 5.56. The van der Waals surface area contributed by atoms with Gasteiger partial charge >= 0.3 is 0 Å². The number of halogens is 2. The van der Waals surface area contributed by atoms with Crippen LogP contribution in [0, 0.1) is 0 Å². The van der Waals surface area contributed by atoms with Crippen molar-refractivity contribution in [1.29, 1.82) is 0 Å². The van der Waals surface area contributed by atoms with Crippen LogP contribution in [-0.2, 0) is 0 Å². The van der Waals surface area contributed by atoms with E-state index in [-0.39, 0.29) is 5.92 Å². The molecule has 1 atom stereocenters. The van der Waals surface area contributed by atoms with Crippen LogP contribution in [0.4, 0.5) is 4.39 Å². The molecule has 3 aromatic carbocycles. The van der Waals surface area contributed by atoms with Gasteiger partial charge in [-0.2, -0.15) is 0 Å². The van der Waals surface area contributed by atoms with E-state index in [1.165, 1.54) is 6.08 Å². The van der Waals surface area contributed by atoms with Crippen molar-refractivity contribution in [1.82, 2.24) is 0 Å². The third-order valence-electron chi connectivity index (χ3n) is 3.95. The zero-order chi connectivity index (χ0) is 17.6. The summed E-state index contributed by atoms with van der Waals surface area (Å²) in [7, 11) is 0. The average molecular weight is 395 g/mol. The summed E-state index contributed by atoms with van der Waals surface area (Å²) in [5, 5.41) is 0. The standard InChI is InChI=1S/C22H16BrFO/c23-19-13-11-17(12-14-19)20(16-7-3-1-4-8-16)15-21(24)22(25)18-9-5-2-6-10-18/h1-15,20H/b21-15-/t20-/m0/s1. The Morgan fingerprint density at radius 2 is 1.32 bits per heavy atom. The Morgan fingerprint density at radius 1 is 0.800 bits per heavy atom. The first-order valence-corrected chi connectivity index (χ1v) is 8.72. The van der Waals surface area contributed by atoms with Gasteiger partial charge in [-0.15, -0.1) is 0 Å². The Bertz CT molecular complexity index is 871. The van der Waals surface area contributed by atoms with E-state index >= 15 is 0 Å². The van der Waals surface area contributed by atoms with E-state index in [1.54, 1.807) is 30.3 Å². The van der Waals surface area contributed by atoms with Gasteiger partial charge in [0.15, 0.2) is 5.83 Å². The fourth-order valence-electron chi connectivity index (χ4n) is 2.66. The van der Waals surface area contributed by atoms with Gasteiger partial charge in [-0.1, -0.05) is 88.7 Å². The van der Waals surface area contributed by atoms with Crippen LogP contribution >= 0.6 is 15.9 Å². The highest BCUT2D eigenvalue weighted by Crippen LogP contribution is 2.29.